The maximum Gasteiger partial charge on any atom is 0.254 e. The van der Waals surface area contributed by atoms with Gasteiger partial charge in [0.05, 0.1) is 28.3 Å². The molecule has 0 unspecified atom stereocenters. The molecule has 1 atom stereocenters. The summed E-state index contributed by atoms with van der Waals surface area (Å²) in [7, 11) is 0. The van der Waals surface area contributed by atoms with E-state index in [0.29, 0.717) is 48.3 Å². The Morgan fingerprint density at radius 2 is 1.64 bits per heavy atom. The van der Waals surface area contributed by atoms with Gasteiger partial charge >= 0.3 is 0 Å². The van der Waals surface area contributed by atoms with Crippen molar-refractivity contribution in [1.82, 2.24) is 5.32 Å². The molecule has 3 N–H and O–H groups in total. The molecule has 0 aliphatic carbocycles. The average Bonchev–Trinajstić information content (AvgIpc) is 2.90. The molecule has 1 aliphatic rings. The summed E-state index contributed by atoms with van der Waals surface area (Å²) in [4.78, 5) is 26.3. The summed E-state index contributed by atoms with van der Waals surface area (Å²) < 4.78 is 0. The van der Waals surface area contributed by atoms with Crippen LogP contribution in [0, 0.1) is 18.3 Å². The molecule has 3 aromatic rings. The van der Waals surface area contributed by atoms with Crippen molar-refractivity contribution >= 4 is 69.8 Å². The molecule has 3 aromatic carbocycles. The molecule has 0 spiro atoms. The lowest BCUT2D eigenvalue weighted by atomic mass is 9.82. The Morgan fingerprint density at radius 1 is 0.949 bits per heavy atom. The second-order valence-corrected chi connectivity index (χ2v) is 11.0. The lowest BCUT2D eigenvalue weighted by Crippen LogP contribution is -2.31. The van der Waals surface area contributed by atoms with Crippen LogP contribution in [-0.4, -0.2) is 17.6 Å². The summed E-state index contributed by atoms with van der Waals surface area (Å²) in [5.74, 6) is -1.39. The molecule has 1 heterocycles. The van der Waals surface area contributed by atoms with Gasteiger partial charge < -0.3 is 16.0 Å². The minimum Gasteiger partial charge on any atom is -0.353 e. The van der Waals surface area contributed by atoms with E-state index in [2.05, 4.69) is 22.0 Å². The van der Waals surface area contributed by atoms with Crippen LogP contribution in [0.5, 0.6) is 0 Å². The van der Waals surface area contributed by atoms with Crippen LogP contribution >= 0.6 is 46.6 Å². The van der Waals surface area contributed by atoms with Crippen molar-refractivity contribution < 1.29 is 9.59 Å². The van der Waals surface area contributed by atoms with Gasteiger partial charge in [-0.2, -0.15) is 5.26 Å². The normalized spacial score (nSPS) is 14.9. The zero-order chi connectivity index (χ0) is 28.1. The summed E-state index contributed by atoms with van der Waals surface area (Å²) in [6, 6.07) is 21.3. The highest BCUT2D eigenvalue weighted by atomic mass is 35.5. The number of hydrogen-bond donors (Lipinski definition) is 3. The van der Waals surface area contributed by atoms with E-state index >= 15 is 0 Å². The zero-order valence-corrected chi connectivity index (χ0v) is 24.0. The number of benzene rings is 3. The van der Waals surface area contributed by atoms with Gasteiger partial charge in [-0.15, -0.1) is 0 Å². The first-order valence-electron chi connectivity index (χ1n) is 11.8. The van der Waals surface area contributed by atoms with E-state index in [1.54, 1.807) is 67.6 Å². The van der Waals surface area contributed by atoms with Gasteiger partial charge in [0.1, 0.15) is 0 Å². The number of nitrogens with zero attached hydrogens (tertiary/aromatic N) is 1. The lowest BCUT2D eigenvalue weighted by molar-refractivity contribution is -0.114. The number of carbonyl (C=O) groups excluding carboxylic acids is 2. The Balaban J connectivity index is 1.63. The number of nitriles is 1. The predicted octanol–water partition coefficient (Wildman–Crippen LogP) is 7.66. The molecule has 0 radical (unpaired) electrons. The van der Waals surface area contributed by atoms with Crippen molar-refractivity contribution in [3.63, 3.8) is 0 Å². The number of dihydropyridines is 1. The molecule has 2 amide bonds. The van der Waals surface area contributed by atoms with E-state index in [1.807, 2.05) is 13.0 Å². The monoisotopic (exact) mass is 596 g/mol. The molecule has 4 rings (SSSR count). The van der Waals surface area contributed by atoms with Gasteiger partial charge in [-0.25, -0.2) is 0 Å². The average molecular weight is 598 g/mol. The summed E-state index contributed by atoms with van der Waals surface area (Å²) in [5, 5.41) is 21.1. The fourth-order valence-electron chi connectivity index (χ4n) is 4.08. The lowest BCUT2D eigenvalue weighted by Gasteiger charge is -2.30. The van der Waals surface area contributed by atoms with Crippen molar-refractivity contribution in [2.75, 3.05) is 16.4 Å². The fourth-order valence-corrected chi connectivity index (χ4v) is 5.53. The third-order valence-corrected chi connectivity index (χ3v) is 8.03. The smallest absolute Gasteiger partial charge is 0.254 e. The maximum atomic E-state index is 13.5. The Kier molecular flexibility index (Phi) is 9.26. The number of aryl methyl sites for hydroxylation is 1. The van der Waals surface area contributed by atoms with Crippen LogP contribution in [-0.2, 0) is 9.59 Å². The van der Waals surface area contributed by atoms with E-state index in [4.69, 9.17) is 34.8 Å². The molecule has 6 nitrogen and oxygen atoms in total. The molecule has 0 fully saturated rings. The third-order valence-electron chi connectivity index (χ3n) is 6.01. The minimum atomic E-state index is -0.751. The first kappa shape index (κ1) is 28.6. The SMILES string of the molecule is CC1=C(C(=O)Nc2ccc(Cl)cc2)[C@H](c2ccccc2Cl)C(C#N)=C(SCC(=O)Nc2ccc(C)c(Cl)c2)N1. The van der Waals surface area contributed by atoms with E-state index in [-0.39, 0.29) is 17.2 Å². The van der Waals surface area contributed by atoms with Gasteiger partial charge in [-0.05, 0) is 67.4 Å². The Labute approximate surface area is 246 Å². The van der Waals surface area contributed by atoms with Crippen LogP contribution in [0.1, 0.15) is 24.0 Å². The molecule has 198 valence electrons. The molecule has 0 bridgehead atoms. The van der Waals surface area contributed by atoms with Gasteiger partial charge in [0.2, 0.25) is 5.91 Å². The van der Waals surface area contributed by atoms with Gasteiger partial charge in [-0.1, -0.05) is 70.8 Å². The summed E-state index contributed by atoms with van der Waals surface area (Å²) in [6.45, 7) is 3.63. The van der Waals surface area contributed by atoms with Gasteiger partial charge in [0.25, 0.3) is 5.91 Å². The number of rotatable bonds is 7. The number of anilines is 2. The van der Waals surface area contributed by atoms with Crippen LogP contribution < -0.4 is 16.0 Å². The van der Waals surface area contributed by atoms with Crippen LogP contribution in [0.2, 0.25) is 15.1 Å². The van der Waals surface area contributed by atoms with E-state index in [0.717, 1.165) is 5.56 Å². The largest absolute Gasteiger partial charge is 0.353 e. The quantitative estimate of drug-likeness (QED) is 0.260. The second-order valence-electron chi connectivity index (χ2n) is 8.73. The van der Waals surface area contributed by atoms with Gasteiger partial charge in [0, 0.05) is 37.7 Å². The molecule has 1 aliphatic heterocycles. The summed E-state index contributed by atoms with van der Waals surface area (Å²) in [5.41, 5.74) is 3.81. The van der Waals surface area contributed by atoms with Crippen molar-refractivity contribution in [3.05, 3.63) is 115 Å². The Bertz CT molecular complexity index is 1540. The minimum absolute atomic E-state index is 0.0217. The number of amides is 2. The predicted molar refractivity (Wildman–Crippen MR) is 160 cm³/mol. The Morgan fingerprint density at radius 3 is 2.31 bits per heavy atom. The summed E-state index contributed by atoms with van der Waals surface area (Å²) in [6.07, 6.45) is 0. The number of thioether (sulfide) groups is 1. The number of halogens is 3. The number of carbonyl (C=O) groups is 2. The second kappa shape index (κ2) is 12.6. The fraction of sp³-hybridized carbons (Fsp3) is 0.138. The highest BCUT2D eigenvalue weighted by Gasteiger charge is 2.36. The maximum absolute atomic E-state index is 13.5. The number of hydrogen-bond acceptors (Lipinski definition) is 5. The van der Waals surface area contributed by atoms with Crippen LogP contribution in [0.3, 0.4) is 0 Å². The zero-order valence-electron chi connectivity index (χ0n) is 20.9. The molecular formula is C29H23Cl3N4O2S. The van der Waals surface area contributed by atoms with Gasteiger partial charge in [-0.3, -0.25) is 9.59 Å². The molecule has 39 heavy (non-hydrogen) atoms. The number of allylic oxidation sites excluding steroid dienone is 2. The molecule has 0 saturated heterocycles. The van der Waals surface area contributed by atoms with E-state index in [9.17, 15) is 14.9 Å². The van der Waals surface area contributed by atoms with Crippen LogP contribution in [0.25, 0.3) is 0 Å². The highest BCUT2D eigenvalue weighted by molar-refractivity contribution is 8.03. The molecule has 0 aromatic heterocycles. The van der Waals surface area contributed by atoms with Crippen LogP contribution in [0.4, 0.5) is 11.4 Å². The van der Waals surface area contributed by atoms with Crippen molar-refractivity contribution in [3.8, 4) is 6.07 Å². The molecule has 0 saturated carbocycles. The Hall–Kier alpha value is -3.41. The van der Waals surface area contributed by atoms with Crippen LogP contribution in [0.15, 0.2) is 88.6 Å². The highest BCUT2D eigenvalue weighted by Crippen LogP contribution is 2.43. The van der Waals surface area contributed by atoms with Crippen molar-refractivity contribution in [2.45, 2.75) is 19.8 Å². The summed E-state index contributed by atoms with van der Waals surface area (Å²) >= 11 is 19.9. The first-order valence-corrected chi connectivity index (χ1v) is 13.9. The van der Waals surface area contributed by atoms with E-state index in [1.165, 1.54) is 11.8 Å². The van der Waals surface area contributed by atoms with Crippen molar-refractivity contribution in [1.29, 1.82) is 5.26 Å². The molecule has 10 heteroatoms. The third kappa shape index (κ3) is 6.78. The van der Waals surface area contributed by atoms with Crippen molar-refractivity contribution in [2.24, 2.45) is 0 Å². The molecular weight excluding hydrogens is 575 g/mol. The number of nitrogens with one attached hydrogen (secondary N) is 3. The van der Waals surface area contributed by atoms with Gasteiger partial charge in [0.15, 0.2) is 0 Å². The standard InChI is InChI=1S/C29H23Cl3N4O2S/c1-16-7-10-20(13-24(16)32)35-25(37)15-39-29-22(14-33)27(21-5-3-4-6-23(21)31)26(17(2)34-29)28(38)36-19-11-8-18(30)9-12-19/h3-13,27,34H,15H2,1-2H3,(H,35,37)(H,36,38)/t27-/m1/s1. The van der Waals surface area contributed by atoms with E-state index < -0.39 is 11.8 Å². The first-order chi connectivity index (χ1) is 18.7. The topological polar surface area (TPSA) is 94.0 Å².